The van der Waals surface area contributed by atoms with Crippen LogP contribution in [-0.2, 0) is 6.42 Å². The molecule has 3 N–H and O–H groups in total. The van der Waals surface area contributed by atoms with Gasteiger partial charge >= 0.3 is 0 Å². The van der Waals surface area contributed by atoms with E-state index < -0.39 is 0 Å². The van der Waals surface area contributed by atoms with Crippen LogP contribution in [-0.4, -0.2) is 7.11 Å². The second-order valence-corrected chi connectivity index (χ2v) is 4.90. The molecule has 106 valence electrons. The summed E-state index contributed by atoms with van der Waals surface area (Å²) in [5, 5.41) is 0. The molecule has 0 saturated heterocycles. The highest BCUT2D eigenvalue weighted by Gasteiger charge is 2.19. The van der Waals surface area contributed by atoms with Crippen molar-refractivity contribution < 1.29 is 4.74 Å². The van der Waals surface area contributed by atoms with Crippen molar-refractivity contribution in [2.45, 2.75) is 26.3 Å². The molecule has 1 atom stereocenters. The third-order valence-corrected chi connectivity index (χ3v) is 3.61. The van der Waals surface area contributed by atoms with Crippen molar-refractivity contribution in [3.63, 3.8) is 0 Å². The molecule has 3 nitrogen and oxygen atoms in total. The minimum absolute atomic E-state index is 0.0685. The van der Waals surface area contributed by atoms with E-state index in [0.29, 0.717) is 0 Å². The average Bonchev–Trinajstić information content (AvgIpc) is 2.49. The molecule has 0 spiro atoms. The van der Waals surface area contributed by atoms with Crippen LogP contribution in [0.1, 0.15) is 35.2 Å². The van der Waals surface area contributed by atoms with E-state index >= 15 is 0 Å². The van der Waals surface area contributed by atoms with Gasteiger partial charge in [-0.05, 0) is 30.5 Å². The van der Waals surface area contributed by atoms with Crippen LogP contribution in [0.25, 0.3) is 0 Å². The van der Waals surface area contributed by atoms with Crippen LogP contribution >= 0.6 is 0 Å². The third kappa shape index (κ3) is 2.84. The van der Waals surface area contributed by atoms with Crippen LogP contribution in [0, 0.1) is 6.92 Å². The summed E-state index contributed by atoms with van der Waals surface area (Å²) < 4.78 is 5.48. The first-order valence-corrected chi connectivity index (χ1v) is 6.89. The van der Waals surface area contributed by atoms with Crippen LogP contribution in [0.5, 0.6) is 5.75 Å². The first kappa shape index (κ1) is 14.6. The molecule has 2 rings (SSSR count). The largest absolute Gasteiger partial charge is 0.496 e. The quantitative estimate of drug-likeness (QED) is 0.648. The molecular formula is C17H22N2O. The van der Waals surface area contributed by atoms with Crippen molar-refractivity contribution in [1.82, 2.24) is 5.43 Å². The van der Waals surface area contributed by atoms with E-state index in [1.807, 2.05) is 18.2 Å². The number of nitrogens with one attached hydrogen (secondary N) is 1. The minimum atomic E-state index is -0.0685. The molecule has 0 amide bonds. The molecule has 0 saturated carbocycles. The second kappa shape index (κ2) is 6.55. The van der Waals surface area contributed by atoms with Crippen molar-refractivity contribution in [3.05, 3.63) is 64.7 Å². The van der Waals surface area contributed by atoms with Crippen LogP contribution in [0.2, 0.25) is 0 Å². The number of hydrogen-bond acceptors (Lipinski definition) is 3. The molecule has 20 heavy (non-hydrogen) atoms. The molecular weight excluding hydrogens is 248 g/mol. The molecule has 0 heterocycles. The molecule has 3 heteroatoms. The summed E-state index contributed by atoms with van der Waals surface area (Å²) in [6.45, 7) is 4.22. The zero-order chi connectivity index (χ0) is 14.5. The van der Waals surface area contributed by atoms with Crippen molar-refractivity contribution in [1.29, 1.82) is 0 Å². The summed E-state index contributed by atoms with van der Waals surface area (Å²) in [6.07, 6.45) is 0.975. The van der Waals surface area contributed by atoms with E-state index in [0.717, 1.165) is 17.7 Å². The van der Waals surface area contributed by atoms with Crippen LogP contribution < -0.4 is 16.0 Å². The fourth-order valence-corrected chi connectivity index (χ4v) is 2.56. The van der Waals surface area contributed by atoms with Gasteiger partial charge in [0.1, 0.15) is 5.75 Å². The average molecular weight is 270 g/mol. The Bertz CT molecular complexity index is 581. The zero-order valence-corrected chi connectivity index (χ0v) is 12.3. The highest BCUT2D eigenvalue weighted by Crippen LogP contribution is 2.32. The van der Waals surface area contributed by atoms with E-state index in [1.165, 1.54) is 16.7 Å². The molecule has 0 bridgehead atoms. The fraction of sp³-hybridized carbons (Fsp3) is 0.294. The van der Waals surface area contributed by atoms with Gasteiger partial charge in [0.05, 0.1) is 13.2 Å². The number of nitrogens with two attached hydrogens (primary N) is 1. The van der Waals surface area contributed by atoms with Gasteiger partial charge in [0.2, 0.25) is 0 Å². The number of hydrogen-bond donors (Lipinski definition) is 2. The van der Waals surface area contributed by atoms with Gasteiger partial charge in [-0.1, -0.05) is 48.9 Å². The Morgan fingerprint density at radius 3 is 2.55 bits per heavy atom. The van der Waals surface area contributed by atoms with Crippen LogP contribution in [0.4, 0.5) is 0 Å². The summed E-state index contributed by atoms with van der Waals surface area (Å²) in [6, 6.07) is 14.4. The van der Waals surface area contributed by atoms with E-state index in [9.17, 15) is 0 Å². The summed E-state index contributed by atoms with van der Waals surface area (Å²) >= 11 is 0. The standard InChI is InChI=1S/C17H22N2O/c1-4-13-7-5-6-8-14(13)17(19-18)15-11-12(2)9-10-16(15)20-3/h5-11,17,19H,4,18H2,1-3H3. The van der Waals surface area contributed by atoms with Crippen LogP contribution in [0.3, 0.4) is 0 Å². The van der Waals surface area contributed by atoms with Gasteiger partial charge < -0.3 is 4.74 Å². The van der Waals surface area contributed by atoms with Gasteiger partial charge in [-0.2, -0.15) is 0 Å². The smallest absolute Gasteiger partial charge is 0.124 e. The lowest BCUT2D eigenvalue weighted by Gasteiger charge is -2.22. The number of rotatable bonds is 5. The minimum Gasteiger partial charge on any atom is -0.496 e. The molecule has 2 aromatic rings. The van der Waals surface area contributed by atoms with Gasteiger partial charge in [-0.15, -0.1) is 0 Å². The fourth-order valence-electron chi connectivity index (χ4n) is 2.56. The monoisotopic (exact) mass is 270 g/mol. The topological polar surface area (TPSA) is 47.3 Å². The Morgan fingerprint density at radius 2 is 1.90 bits per heavy atom. The van der Waals surface area contributed by atoms with E-state index in [-0.39, 0.29) is 6.04 Å². The number of methoxy groups -OCH3 is 1. The lowest BCUT2D eigenvalue weighted by Crippen LogP contribution is -2.30. The predicted octanol–water partition coefficient (Wildman–Crippen LogP) is 3.12. The van der Waals surface area contributed by atoms with Gasteiger partial charge in [-0.25, -0.2) is 5.43 Å². The lowest BCUT2D eigenvalue weighted by molar-refractivity contribution is 0.404. The number of hydrazine groups is 1. The van der Waals surface area contributed by atoms with Crippen molar-refractivity contribution >= 4 is 0 Å². The highest BCUT2D eigenvalue weighted by atomic mass is 16.5. The summed E-state index contributed by atoms with van der Waals surface area (Å²) in [5.74, 6) is 6.68. The summed E-state index contributed by atoms with van der Waals surface area (Å²) in [7, 11) is 1.69. The molecule has 1 unspecified atom stereocenters. The first-order chi connectivity index (χ1) is 9.71. The molecule has 0 fully saturated rings. The lowest BCUT2D eigenvalue weighted by atomic mass is 9.92. The van der Waals surface area contributed by atoms with Crippen molar-refractivity contribution in [3.8, 4) is 5.75 Å². The maximum Gasteiger partial charge on any atom is 0.124 e. The Labute approximate surface area is 120 Å². The molecule has 0 aliphatic carbocycles. The number of benzene rings is 2. The maximum atomic E-state index is 5.83. The summed E-state index contributed by atoms with van der Waals surface area (Å²) in [4.78, 5) is 0. The first-order valence-electron chi connectivity index (χ1n) is 6.89. The van der Waals surface area contributed by atoms with Gasteiger partial charge in [0.25, 0.3) is 0 Å². The zero-order valence-electron chi connectivity index (χ0n) is 12.3. The maximum absolute atomic E-state index is 5.83. The SMILES string of the molecule is CCc1ccccc1C(NN)c1cc(C)ccc1OC. The third-order valence-electron chi connectivity index (χ3n) is 3.61. The summed E-state index contributed by atoms with van der Waals surface area (Å²) in [5.41, 5.74) is 7.67. The Kier molecular flexibility index (Phi) is 4.77. The van der Waals surface area contributed by atoms with Gasteiger partial charge in [0, 0.05) is 5.56 Å². The molecule has 0 aliphatic heterocycles. The molecule has 0 aromatic heterocycles. The Balaban J connectivity index is 2.55. The van der Waals surface area contributed by atoms with Gasteiger partial charge in [0.15, 0.2) is 0 Å². The van der Waals surface area contributed by atoms with Crippen molar-refractivity contribution in [2.75, 3.05) is 7.11 Å². The Hall–Kier alpha value is -1.84. The van der Waals surface area contributed by atoms with E-state index in [4.69, 9.17) is 10.6 Å². The van der Waals surface area contributed by atoms with Crippen molar-refractivity contribution in [2.24, 2.45) is 5.84 Å². The normalized spacial score (nSPS) is 12.2. The van der Waals surface area contributed by atoms with Crippen LogP contribution in [0.15, 0.2) is 42.5 Å². The van der Waals surface area contributed by atoms with Gasteiger partial charge in [-0.3, -0.25) is 5.84 Å². The molecule has 0 aliphatic rings. The number of aryl methyl sites for hydroxylation is 2. The van der Waals surface area contributed by atoms with E-state index in [1.54, 1.807) is 7.11 Å². The Morgan fingerprint density at radius 1 is 1.15 bits per heavy atom. The van der Waals surface area contributed by atoms with E-state index in [2.05, 4.69) is 43.5 Å². The second-order valence-electron chi connectivity index (χ2n) is 4.90. The highest BCUT2D eigenvalue weighted by molar-refractivity contribution is 5.45. The number of ether oxygens (including phenoxy) is 1. The molecule has 2 aromatic carbocycles. The molecule has 0 radical (unpaired) electrons. The predicted molar refractivity (Wildman–Crippen MR) is 82.7 cm³/mol.